The number of rotatable bonds is 6. The van der Waals surface area contributed by atoms with Crippen LogP contribution in [0.25, 0.3) is 10.9 Å². The number of halogens is 1. The molecule has 0 atom stereocenters. The molecule has 2 amide bonds. The van der Waals surface area contributed by atoms with Crippen molar-refractivity contribution >= 4 is 62.3 Å². The lowest BCUT2D eigenvalue weighted by Crippen LogP contribution is -2.42. The molecule has 0 unspecified atom stereocenters. The smallest absolute Gasteiger partial charge is 0.267 e. The zero-order chi connectivity index (χ0) is 24.6. The van der Waals surface area contributed by atoms with Gasteiger partial charge >= 0.3 is 0 Å². The molecule has 3 aromatic heterocycles. The van der Waals surface area contributed by atoms with Crippen LogP contribution in [0.2, 0.25) is 5.02 Å². The number of fused-ring (bicyclic) bond motifs is 1. The zero-order valence-electron chi connectivity index (χ0n) is 19.3. The maximum atomic E-state index is 12.8. The predicted molar refractivity (Wildman–Crippen MR) is 136 cm³/mol. The summed E-state index contributed by atoms with van der Waals surface area (Å²) in [7, 11) is 0. The molecule has 35 heavy (non-hydrogen) atoms. The number of benzene rings is 1. The van der Waals surface area contributed by atoms with E-state index in [0.717, 1.165) is 36.8 Å². The van der Waals surface area contributed by atoms with Crippen molar-refractivity contribution in [2.45, 2.75) is 33.2 Å². The summed E-state index contributed by atoms with van der Waals surface area (Å²) in [6.07, 6.45) is 6.87. The lowest BCUT2D eigenvalue weighted by molar-refractivity contribution is -0.134. The summed E-state index contributed by atoms with van der Waals surface area (Å²) in [5.41, 5.74) is 1.56. The Kier molecular flexibility index (Phi) is 6.20. The Morgan fingerprint density at radius 1 is 1.20 bits per heavy atom. The van der Waals surface area contributed by atoms with Crippen molar-refractivity contribution in [3.63, 3.8) is 0 Å². The van der Waals surface area contributed by atoms with E-state index in [4.69, 9.17) is 11.6 Å². The van der Waals surface area contributed by atoms with Crippen LogP contribution in [-0.4, -0.2) is 54.8 Å². The fourth-order valence-corrected chi connectivity index (χ4v) is 4.89. The van der Waals surface area contributed by atoms with Gasteiger partial charge in [-0.15, -0.1) is 0 Å². The van der Waals surface area contributed by atoms with E-state index in [-0.39, 0.29) is 18.4 Å². The van der Waals surface area contributed by atoms with Gasteiger partial charge in [0.1, 0.15) is 11.4 Å². The Labute approximate surface area is 210 Å². The SMILES string of the molecule is CC1(C)CCN(C(=O)Cn2ccc(Nc3ncc(C(=O)Nc4c(Cl)ccc5[nH]ncc45)s3)n2)CC1. The monoisotopic (exact) mass is 512 g/mol. The minimum Gasteiger partial charge on any atom is -0.341 e. The van der Waals surface area contributed by atoms with Crippen LogP contribution in [0.1, 0.15) is 36.4 Å². The van der Waals surface area contributed by atoms with Crippen molar-refractivity contribution in [1.29, 1.82) is 0 Å². The Hall–Kier alpha value is -3.44. The number of aromatic nitrogens is 5. The number of hydrogen-bond acceptors (Lipinski definition) is 7. The van der Waals surface area contributed by atoms with Crippen LogP contribution in [0.5, 0.6) is 0 Å². The Morgan fingerprint density at radius 2 is 2.00 bits per heavy atom. The number of likely N-dealkylation sites (tertiary alicyclic amines) is 1. The quantitative estimate of drug-likeness (QED) is 0.349. The number of carbonyl (C=O) groups excluding carboxylic acids is 2. The molecule has 0 aliphatic carbocycles. The molecule has 0 spiro atoms. The number of piperidine rings is 1. The van der Waals surface area contributed by atoms with Crippen molar-refractivity contribution in [3.8, 4) is 0 Å². The molecule has 5 rings (SSSR count). The van der Waals surface area contributed by atoms with E-state index in [1.165, 1.54) is 17.5 Å². The lowest BCUT2D eigenvalue weighted by atomic mass is 9.83. The second-order valence-electron chi connectivity index (χ2n) is 9.31. The molecular formula is C23H25ClN8O2S. The molecule has 3 N–H and O–H groups in total. The molecule has 0 saturated carbocycles. The average Bonchev–Trinajstić information content (AvgIpc) is 3.57. The van der Waals surface area contributed by atoms with Gasteiger partial charge in [0.25, 0.3) is 5.91 Å². The minimum atomic E-state index is -0.327. The number of amides is 2. The van der Waals surface area contributed by atoms with Crippen LogP contribution in [-0.2, 0) is 11.3 Å². The highest BCUT2D eigenvalue weighted by Crippen LogP contribution is 2.32. The van der Waals surface area contributed by atoms with Gasteiger partial charge in [-0.2, -0.15) is 10.2 Å². The van der Waals surface area contributed by atoms with Crippen molar-refractivity contribution in [1.82, 2.24) is 29.9 Å². The largest absolute Gasteiger partial charge is 0.341 e. The molecule has 1 saturated heterocycles. The second kappa shape index (κ2) is 9.31. The van der Waals surface area contributed by atoms with Gasteiger partial charge in [0.2, 0.25) is 5.91 Å². The number of thiazole rings is 1. The van der Waals surface area contributed by atoms with Crippen molar-refractivity contribution in [2.24, 2.45) is 5.41 Å². The van der Waals surface area contributed by atoms with E-state index >= 15 is 0 Å². The highest BCUT2D eigenvalue weighted by Gasteiger charge is 2.28. The lowest BCUT2D eigenvalue weighted by Gasteiger charge is -2.36. The number of nitrogens with one attached hydrogen (secondary N) is 3. The summed E-state index contributed by atoms with van der Waals surface area (Å²) in [6, 6.07) is 5.27. The fraction of sp³-hybridized carbons (Fsp3) is 0.348. The Bertz CT molecular complexity index is 1380. The number of anilines is 3. The summed E-state index contributed by atoms with van der Waals surface area (Å²) < 4.78 is 1.61. The van der Waals surface area contributed by atoms with E-state index in [1.807, 2.05) is 4.90 Å². The number of carbonyl (C=O) groups is 2. The van der Waals surface area contributed by atoms with E-state index in [2.05, 4.69) is 44.8 Å². The highest BCUT2D eigenvalue weighted by molar-refractivity contribution is 7.17. The summed E-state index contributed by atoms with van der Waals surface area (Å²) in [5, 5.41) is 18.9. The van der Waals surface area contributed by atoms with Gasteiger partial charge in [-0.05, 0) is 30.4 Å². The van der Waals surface area contributed by atoms with Gasteiger partial charge in [0.15, 0.2) is 10.9 Å². The average molecular weight is 513 g/mol. The highest BCUT2D eigenvalue weighted by atomic mass is 35.5. The molecule has 12 heteroatoms. The van der Waals surface area contributed by atoms with Gasteiger partial charge in [-0.1, -0.05) is 36.8 Å². The minimum absolute atomic E-state index is 0.0645. The van der Waals surface area contributed by atoms with Crippen LogP contribution in [0.15, 0.2) is 36.8 Å². The zero-order valence-corrected chi connectivity index (χ0v) is 20.9. The molecular weight excluding hydrogens is 488 g/mol. The first-order valence-corrected chi connectivity index (χ1v) is 12.4. The molecule has 1 aromatic carbocycles. The van der Waals surface area contributed by atoms with Gasteiger partial charge in [-0.3, -0.25) is 19.4 Å². The molecule has 1 aliphatic heterocycles. The number of aromatic amines is 1. The van der Waals surface area contributed by atoms with E-state index in [1.54, 1.807) is 35.3 Å². The van der Waals surface area contributed by atoms with Crippen LogP contribution in [0.4, 0.5) is 16.6 Å². The maximum absolute atomic E-state index is 12.8. The van der Waals surface area contributed by atoms with Crippen LogP contribution < -0.4 is 10.6 Å². The van der Waals surface area contributed by atoms with Gasteiger partial charge in [0.05, 0.1) is 28.6 Å². The first kappa shape index (κ1) is 23.3. The second-order valence-corrected chi connectivity index (χ2v) is 10.7. The van der Waals surface area contributed by atoms with Gasteiger partial charge in [-0.25, -0.2) is 4.98 Å². The standard InChI is InChI=1S/C23H25ClN8O2S/c1-23(2)6-9-31(10-7-23)19(33)13-32-8-5-18(30-32)27-22-25-12-17(35-22)21(34)28-20-14-11-26-29-16(14)4-3-15(20)24/h3-5,8,11-12H,6-7,9-10,13H2,1-2H3,(H,26,29)(H,28,34)(H,25,27,30). The first-order valence-electron chi connectivity index (χ1n) is 11.2. The third kappa shape index (κ3) is 5.15. The summed E-state index contributed by atoms with van der Waals surface area (Å²) in [5.74, 6) is 0.284. The first-order chi connectivity index (χ1) is 16.8. The van der Waals surface area contributed by atoms with Crippen LogP contribution in [0, 0.1) is 5.41 Å². The number of hydrogen-bond donors (Lipinski definition) is 3. The molecule has 4 aromatic rings. The van der Waals surface area contributed by atoms with Crippen molar-refractivity contribution < 1.29 is 9.59 Å². The summed E-state index contributed by atoms with van der Waals surface area (Å²) in [4.78, 5) is 32.0. The molecule has 10 nitrogen and oxygen atoms in total. The Morgan fingerprint density at radius 3 is 2.80 bits per heavy atom. The van der Waals surface area contributed by atoms with Gasteiger partial charge in [0, 0.05) is 30.7 Å². The number of nitrogens with zero attached hydrogens (tertiary/aromatic N) is 5. The molecule has 1 fully saturated rings. The summed E-state index contributed by atoms with van der Waals surface area (Å²) in [6.45, 7) is 6.23. The van der Waals surface area contributed by atoms with Crippen molar-refractivity contribution in [3.05, 3.63) is 46.7 Å². The normalized spacial score (nSPS) is 15.3. The Balaban J connectivity index is 1.19. The summed E-state index contributed by atoms with van der Waals surface area (Å²) >= 11 is 7.47. The molecule has 182 valence electrons. The van der Waals surface area contributed by atoms with E-state index in [0.29, 0.717) is 32.0 Å². The van der Waals surface area contributed by atoms with Crippen molar-refractivity contribution in [2.75, 3.05) is 23.7 Å². The van der Waals surface area contributed by atoms with Crippen LogP contribution in [0.3, 0.4) is 0 Å². The molecule has 1 aliphatic rings. The molecule has 0 bridgehead atoms. The molecule has 0 radical (unpaired) electrons. The predicted octanol–water partition coefficient (Wildman–Crippen LogP) is 4.51. The van der Waals surface area contributed by atoms with Gasteiger partial charge < -0.3 is 15.5 Å². The topological polar surface area (TPSA) is 121 Å². The number of H-pyrrole nitrogens is 1. The fourth-order valence-electron chi connectivity index (χ4n) is 3.96. The van der Waals surface area contributed by atoms with E-state index < -0.39 is 0 Å². The maximum Gasteiger partial charge on any atom is 0.267 e. The third-order valence-corrected chi connectivity index (χ3v) is 7.41. The molecule has 4 heterocycles. The third-order valence-electron chi connectivity index (χ3n) is 6.18. The van der Waals surface area contributed by atoms with Crippen LogP contribution >= 0.6 is 22.9 Å². The van der Waals surface area contributed by atoms with E-state index in [9.17, 15) is 9.59 Å².